The zero-order valence-corrected chi connectivity index (χ0v) is 17.3. The predicted molar refractivity (Wildman–Crippen MR) is 121 cm³/mol. The van der Waals surface area contributed by atoms with Crippen LogP contribution in [0.4, 0.5) is 5.69 Å². The molecule has 1 aliphatic heterocycles. The lowest BCUT2D eigenvalue weighted by Gasteiger charge is -2.26. The van der Waals surface area contributed by atoms with Gasteiger partial charge in [-0.2, -0.15) is 0 Å². The molecule has 0 aliphatic carbocycles. The van der Waals surface area contributed by atoms with E-state index >= 15 is 0 Å². The fraction of sp³-hybridized carbons (Fsp3) is 0.333. The van der Waals surface area contributed by atoms with E-state index in [1.54, 1.807) is 18.3 Å². The van der Waals surface area contributed by atoms with E-state index < -0.39 is 0 Å². The van der Waals surface area contributed by atoms with Gasteiger partial charge in [0.1, 0.15) is 0 Å². The van der Waals surface area contributed by atoms with Gasteiger partial charge in [0.2, 0.25) is 0 Å². The number of likely N-dealkylation sites (tertiary alicyclic amines) is 1. The number of fused-ring (bicyclic) bond motifs is 1. The number of hydrogen-bond acceptors (Lipinski definition) is 4. The largest absolute Gasteiger partial charge is 0.494 e. The number of hydrogen-bond donors (Lipinski definition) is 3. The number of H-pyrrole nitrogens is 1. The first-order valence-corrected chi connectivity index (χ1v) is 10.6. The highest BCUT2D eigenvalue weighted by molar-refractivity contribution is 6.05. The van der Waals surface area contributed by atoms with E-state index in [2.05, 4.69) is 32.3 Å². The molecule has 2 aromatic carbocycles. The number of piperidine rings is 1. The first-order valence-electron chi connectivity index (χ1n) is 10.6. The van der Waals surface area contributed by atoms with Gasteiger partial charge in [-0.25, -0.2) is 0 Å². The monoisotopic (exact) mass is 404 g/mol. The Labute approximate surface area is 176 Å². The number of amides is 1. The van der Waals surface area contributed by atoms with Crippen molar-refractivity contribution in [3.63, 3.8) is 0 Å². The molecular formula is C24H28N4O2. The molecular weight excluding hydrogens is 376 g/mol. The lowest BCUT2D eigenvalue weighted by atomic mass is 10.1. The summed E-state index contributed by atoms with van der Waals surface area (Å²) in [7, 11) is 0. The Bertz CT molecular complexity index is 1050. The number of aliphatic imine (C=N–C) groups is 1. The molecule has 3 aromatic rings. The van der Waals surface area contributed by atoms with E-state index in [4.69, 9.17) is 0 Å². The molecule has 0 unspecified atom stereocenters. The van der Waals surface area contributed by atoms with Crippen LogP contribution in [0, 0.1) is 0 Å². The molecule has 0 spiro atoms. The van der Waals surface area contributed by atoms with Crippen molar-refractivity contribution in [3.05, 3.63) is 59.2 Å². The third-order valence-corrected chi connectivity index (χ3v) is 5.55. The van der Waals surface area contributed by atoms with Crippen LogP contribution in [0.2, 0.25) is 0 Å². The summed E-state index contributed by atoms with van der Waals surface area (Å²) in [5, 5.41) is 13.9. The number of nitrogens with zero attached hydrogens (tertiary/aromatic N) is 2. The lowest BCUT2D eigenvalue weighted by Crippen LogP contribution is -2.28. The van der Waals surface area contributed by atoms with Crippen molar-refractivity contribution < 1.29 is 9.90 Å². The SMILES string of the molecule is CCNC(=O)c1ccc2c(C=Nc3ccc(CN4CCCCC4)cc3)c(O)[nH]c2c1. The number of carbonyl (C=O) groups is 1. The predicted octanol–water partition coefficient (Wildman–Crippen LogP) is 4.36. The second-order valence-electron chi connectivity index (χ2n) is 7.77. The van der Waals surface area contributed by atoms with Crippen LogP contribution >= 0.6 is 0 Å². The zero-order valence-electron chi connectivity index (χ0n) is 17.3. The Hall–Kier alpha value is -3.12. The quantitative estimate of drug-likeness (QED) is 0.534. The van der Waals surface area contributed by atoms with Crippen molar-refractivity contribution in [1.82, 2.24) is 15.2 Å². The number of aromatic amines is 1. The summed E-state index contributed by atoms with van der Waals surface area (Å²) in [6.07, 6.45) is 5.60. The first kappa shape index (κ1) is 20.2. The molecule has 1 aromatic heterocycles. The number of carbonyl (C=O) groups excluding carboxylic acids is 1. The van der Waals surface area contributed by atoms with Crippen LogP contribution in [-0.4, -0.2) is 46.7 Å². The van der Waals surface area contributed by atoms with Crippen molar-refractivity contribution >= 4 is 28.7 Å². The summed E-state index contributed by atoms with van der Waals surface area (Å²) in [6, 6.07) is 13.6. The molecule has 0 saturated carbocycles. The van der Waals surface area contributed by atoms with E-state index in [1.807, 2.05) is 25.1 Å². The molecule has 0 atom stereocenters. The molecule has 3 N–H and O–H groups in total. The molecule has 1 aliphatic rings. The fourth-order valence-electron chi connectivity index (χ4n) is 3.94. The van der Waals surface area contributed by atoms with Crippen LogP contribution in [0.15, 0.2) is 47.5 Å². The number of benzene rings is 2. The van der Waals surface area contributed by atoms with E-state index in [9.17, 15) is 9.90 Å². The minimum absolute atomic E-state index is 0.0449. The zero-order chi connectivity index (χ0) is 20.9. The van der Waals surface area contributed by atoms with Crippen molar-refractivity contribution in [2.24, 2.45) is 4.99 Å². The highest BCUT2D eigenvalue weighted by Gasteiger charge is 2.12. The summed E-state index contributed by atoms with van der Waals surface area (Å²) in [6.45, 7) is 5.80. The van der Waals surface area contributed by atoms with Crippen LogP contribution in [0.25, 0.3) is 10.9 Å². The Morgan fingerprint density at radius 2 is 1.93 bits per heavy atom. The Balaban J connectivity index is 1.49. The Kier molecular flexibility index (Phi) is 6.14. The second-order valence-corrected chi connectivity index (χ2v) is 7.77. The Morgan fingerprint density at radius 1 is 1.17 bits per heavy atom. The van der Waals surface area contributed by atoms with Crippen LogP contribution in [0.5, 0.6) is 5.88 Å². The maximum atomic E-state index is 12.0. The first-order chi connectivity index (χ1) is 14.6. The molecule has 156 valence electrons. The molecule has 2 heterocycles. The molecule has 4 rings (SSSR count). The van der Waals surface area contributed by atoms with Crippen LogP contribution in [-0.2, 0) is 6.54 Å². The van der Waals surface area contributed by atoms with Crippen LogP contribution in [0.3, 0.4) is 0 Å². The van der Waals surface area contributed by atoms with E-state index in [0.29, 0.717) is 23.2 Å². The molecule has 0 radical (unpaired) electrons. The van der Waals surface area contributed by atoms with Gasteiger partial charge in [-0.15, -0.1) is 0 Å². The van der Waals surface area contributed by atoms with Gasteiger partial charge in [0.25, 0.3) is 5.91 Å². The number of aromatic hydroxyl groups is 1. The normalized spacial score (nSPS) is 15.1. The summed E-state index contributed by atoms with van der Waals surface area (Å²) in [5.74, 6) is -0.0862. The lowest BCUT2D eigenvalue weighted by molar-refractivity contribution is 0.0956. The molecule has 1 saturated heterocycles. The maximum Gasteiger partial charge on any atom is 0.251 e. The molecule has 6 heteroatoms. The van der Waals surface area contributed by atoms with Gasteiger partial charge >= 0.3 is 0 Å². The minimum atomic E-state index is -0.131. The van der Waals surface area contributed by atoms with Gasteiger partial charge in [-0.3, -0.25) is 14.7 Å². The van der Waals surface area contributed by atoms with E-state index in [-0.39, 0.29) is 11.8 Å². The summed E-state index contributed by atoms with van der Waals surface area (Å²) >= 11 is 0. The fourth-order valence-corrected chi connectivity index (χ4v) is 3.94. The third-order valence-electron chi connectivity index (χ3n) is 5.55. The van der Waals surface area contributed by atoms with Gasteiger partial charge in [0.05, 0.1) is 11.3 Å². The van der Waals surface area contributed by atoms with Crippen LogP contribution < -0.4 is 5.32 Å². The minimum Gasteiger partial charge on any atom is -0.494 e. The van der Waals surface area contributed by atoms with E-state index in [1.165, 1.54) is 37.9 Å². The van der Waals surface area contributed by atoms with Crippen molar-refractivity contribution in [3.8, 4) is 5.88 Å². The van der Waals surface area contributed by atoms with Crippen molar-refractivity contribution in [2.45, 2.75) is 32.7 Å². The smallest absolute Gasteiger partial charge is 0.251 e. The average molecular weight is 405 g/mol. The van der Waals surface area contributed by atoms with Gasteiger partial charge in [0, 0.05) is 35.8 Å². The summed E-state index contributed by atoms with van der Waals surface area (Å²) in [4.78, 5) is 22.0. The topological polar surface area (TPSA) is 80.7 Å². The standard InChI is InChI=1S/C24H28N4O2/c1-2-25-23(29)18-8-11-20-21(24(30)27-22(20)14-18)15-26-19-9-6-17(7-10-19)16-28-12-4-3-5-13-28/h6-11,14-15,27,30H,2-5,12-13,16H2,1H3,(H,25,29). The van der Waals surface area contributed by atoms with Gasteiger partial charge in [-0.1, -0.05) is 24.6 Å². The maximum absolute atomic E-state index is 12.0. The Morgan fingerprint density at radius 3 is 2.67 bits per heavy atom. The van der Waals surface area contributed by atoms with Crippen molar-refractivity contribution in [1.29, 1.82) is 0 Å². The number of rotatable bonds is 6. The molecule has 6 nitrogen and oxygen atoms in total. The van der Waals surface area contributed by atoms with Gasteiger partial charge < -0.3 is 15.4 Å². The molecule has 30 heavy (non-hydrogen) atoms. The summed E-state index contributed by atoms with van der Waals surface area (Å²) in [5.41, 5.74) is 4.01. The number of aromatic nitrogens is 1. The average Bonchev–Trinajstić information content (AvgIpc) is 3.08. The number of nitrogens with one attached hydrogen (secondary N) is 2. The molecule has 1 amide bonds. The van der Waals surface area contributed by atoms with Crippen molar-refractivity contribution in [2.75, 3.05) is 19.6 Å². The van der Waals surface area contributed by atoms with E-state index in [0.717, 1.165) is 17.6 Å². The third kappa shape index (κ3) is 4.54. The highest BCUT2D eigenvalue weighted by atomic mass is 16.3. The summed E-state index contributed by atoms with van der Waals surface area (Å²) < 4.78 is 0. The van der Waals surface area contributed by atoms with Crippen LogP contribution in [0.1, 0.15) is 47.7 Å². The molecule has 0 bridgehead atoms. The molecule has 1 fully saturated rings. The highest BCUT2D eigenvalue weighted by Crippen LogP contribution is 2.27. The second kappa shape index (κ2) is 9.13. The van der Waals surface area contributed by atoms with Gasteiger partial charge in [-0.05, 0) is 62.7 Å². The van der Waals surface area contributed by atoms with Gasteiger partial charge in [0.15, 0.2) is 5.88 Å².